The van der Waals surface area contributed by atoms with E-state index in [4.69, 9.17) is 0 Å². The van der Waals surface area contributed by atoms with Gasteiger partial charge in [-0.05, 0) is 32.1 Å². The molecule has 0 fully saturated rings. The Labute approximate surface area is 175 Å². The lowest BCUT2D eigenvalue weighted by molar-refractivity contribution is -0.121. The highest BCUT2D eigenvalue weighted by Gasteiger charge is 2.03. The van der Waals surface area contributed by atoms with Gasteiger partial charge in [0.2, 0.25) is 5.91 Å². The Morgan fingerprint density at radius 2 is 1.29 bits per heavy atom. The lowest BCUT2D eigenvalue weighted by Gasteiger charge is -2.10. The summed E-state index contributed by atoms with van der Waals surface area (Å²) >= 11 is 0. The number of hydrazone groups is 1. The van der Waals surface area contributed by atoms with E-state index in [-0.39, 0.29) is 12.0 Å². The third-order valence-electron chi connectivity index (χ3n) is 5.30. The standard InChI is InChI=1S/C24H48N2O2/c1-3-5-7-15-19-23(27)20-16-13-11-9-10-12-14-17-21-24(28)26-25-22-18-8-6-4-2/h22-23,27H,3-21H2,1-2H3,(H,26,28)/b25-22+/t23-/m1/s1. The fourth-order valence-electron chi connectivity index (χ4n) is 3.40. The molecule has 0 aliphatic heterocycles. The number of carbonyl (C=O) groups excluding carboxylic acids is 1. The molecular weight excluding hydrogens is 348 g/mol. The minimum atomic E-state index is -0.0799. The van der Waals surface area contributed by atoms with Crippen molar-refractivity contribution in [1.82, 2.24) is 5.43 Å². The number of rotatable bonds is 21. The van der Waals surface area contributed by atoms with Crippen LogP contribution in [0.4, 0.5) is 0 Å². The summed E-state index contributed by atoms with van der Waals surface area (Å²) in [4.78, 5) is 11.6. The summed E-state index contributed by atoms with van der Waals surface area (Å²) in [6.45, 7) is 4.40. The molecule has 0 spiro atoms. The van der Waals surface area contributed by atoms with Gasteiger partial charge >= 0.3 is 0 Å². The molecule has 0 radical (unpaired) electrons. The van der Waals surface area contributed by atoms with Crippen molar-refractivity contribution in [2.24, 2.45) is 5.10 Å². The summed E-state index contributed by atoms with van der Waals surface area (Å²) in [6, 6.07) is 0. The number of hydrogen-bond acceptors (Lipinski definition) is 3. The summed E-state index contributed by atoms with van der Waals surface area (Å²) in [5.74, 6) is 0.0417. The van der Waals surface area contributed by atoms with Gasteiger partial charge in [0.25, 0.3) is 0 Å². The van der Waals surface area contributed by atoms with E-state index in [1.807, 2.05) is 6.21 Å². The molecule has 0 aromatic rings. The fourth-order valence-corrected chi connectivity index (χ4v) is 3.40. The topological polar surface area (TPSA) is 61.7 Å². The molecule has 0 rings (SSSR count). The van der Waals surface area contributed by atoms with Crippen LogP contribution in [0.1, 0.15) is 136 Å². The van der Waals surface area contributed by atoms with Gasteiger partial charge in [-0.25, -0.2) is 5.43 Å². The van der Waals surface area contributed by atoms with Crippen molar-refractivity contribution < 1.29 is 9.90 Å². The zero-order chi connectivity index (χ0) is 20.7. The summed E-state index contributed by atoms with van der Waals surface area (Å²) in [6.07, 6.45) is 23.3. The van der Waals surface area contributed by atoms with E-state index in [1.54, 1.807) is 0 Å². The van der Waals surface area contributed by atoms with E-state index in [1.165, 1.54) is 70.6 Å². The molecule has 0 aromatic heterocycles. The van der Waals surface area contributed by atoms with E-state index < -0.39 is 0 Å². The van der Waals surface area contributed by atoms with Gasteiger partial charge < -0.3 is 5.11 Å². The van der Waals surface area contributed by atoms with Gasteiger partial charge in [0.1, 0.15) is 0 Å². The molecule has 0 aliphatic carbocycles. The Kier molecular flexibility index (Phi) is 21.7. The largest absolute Gasteiger partial charge is 0.393 e. The number of nitrogens with zero attached hydrogens (tertiary/aromatic N) is 1. The molecule has 0 saturated carbocycles. The second-order valence-electron chi connectivity index (χ2n) is 8.21. The van der Waals surface area contributed by atoms with Crippen molar-refractivity contribution in [3.05, 3.63) is 0 Å². The monoisotopic (exact) mass is 396 g/mol. The molecule has 28 heavy (non-hydrogen) atoms. The highest BCUT2D eigenvalue weighted by Crippen LogP contribution is 2.14. The normalized spacial score (nSPS) is 12.5. The summed E-state index contributed by atoms with van der Waals surface area (Å²) < 4.78 is 0. The van der Waals surface area contributed by atoms with Crippen LogP contribution < -0.4 is 5.43 Å². The lowest BCUT2D eigenvalue weighted by Crippen LogP contribution is -2.16. The van der Waals surface area contributed by atoms with E-state index in [0.717, 1.165) is 44.9 Å². The Balaban J connectivity index is 3.27. The predicted molar refractivity (Wildman–Crippen MR) is 122 cm³/mol. The van der Waals surface area contributed by atoms with Crippen molar-refractivity contribution in [1.29, 1.82) is 0 Å². The maximum absolute atomic E-state index is 11.6. The van der Waals surface area contributed by atoms with Crippen molar-refractivity contribution in [3.8, 4) is 0 Å². The van der Waals surface area contributed by atoms with Gasteiger partial charge in [-0.15, -0.1) is 0 Å². The van der Waals surface area contributed by atoms with Crippen LogP contribution in [0, 0.1) is 0 Å². The summed E-state index contributed by atoms with van der Waals surface area (Å²) in [5, 5.41) is 13.9. The van der Waals surface area contributed by atoms with Gasteiger partial charge in [0.05, 0.1) is 6.10 Å². The van der Waals surface area contributed by atoms with Crippen LogP contribution in [0.25, 0.3) is 0 Å². The van der Waals surface area contributed by atoms with E-state index in [2.05, 4.69) is 24.4 Å². The average Bonchev–Trinajstić information content (AvgIpc) is 2.69. The average molecular weight is 397 g/mol. The van der Waals surface area contributed by atoms with Crippen LogP contribution >= 0.6 is 0 Å². The van der Waals surface area contributed by atoms with Crippen LogP contribution in [-0.4, -0.2) is 23.3 Å². The SMILES string of the molecule is CCCCC/C=N/NC(=O)CCCCCCCCCC[C@H](O)CCCCCC. The quantitative estimate of drug-likeness (QED) is 0.126. The van der Waals surface area contributed by atoms with Crippen LogP contribution in [0.15, 0.2) is 5.10 Å². The second kappa shape index (κ2) is 22.4. The number of aliphatic hydroxyl groups excluding tert-OH is 1. The molecule has 0 aromatic carbocycles. The number of amides is 1. The van der Waals surface area contributed by atoms with Crippen molar-refractivity contribution in [3.63, 3.8) is 0 Å². The first kappa shape index (κ1) is 27.1. The Hall–Kier alpha value is -0.900. The highest BCUT2D eigenvalue weighted by atomic mass is 16.3. The third-order valence-corrected chi connectivity index (χ3v) is 5.30. The fraction of sp³-hybridized carbons (Fsp3) is 0.917. The first-order chi connectivity index (χ1) is 13.7. The van der Waals surface area contributed by atoms with E-state index in [9.17, 15) is 9.90 Å². The van der Waals surface area contributed by atoms with Crippen LogP contribution in [0.2, 0.25) is 0 Å². The maximum Gasteiger partial charge on any atom is 0.240 e. The Morgan fingerprint density at radius 3 is 1.89 bits per heavy atom. The molecule has 4 heteroatoms. The lowest BCUT2D eigenvalue weighted by atomic mass is 10.0. The first-order valence-electron chi connectivity index (χ1n) is 12.2. The predicted octanol–water partition coefficient (Wildman–Crippen LogP) is 6.90. The molecule has 1 atom stereocenters. The zero-order valence-electron chi connectivity index (χ0n) is 18.9. The number of carbonyl (C=O) groups is 1. The smallest absolute Gasteiger partial charge is 0.240 e. The number of nitrogens with one attached hydrogen (secondary N) is 1. The van der Waals surface area contributed by atoms with Gasteiger partial charge in [-0.2, -0.15) is 5.10 Å². The van der Waals surface area contributed by atoms with Gasteiger partial charge in [-0.3, -0.25) is 4.79 Å². The van der Waals surface area contributed by atoms with E-state index in [0.29, 0.717) is 6.42 Å². The van der Waals surface area contributed by atoms with E-state index >= 15 is 0 Å². The number of unbranched alkanes of at least 4 members (excludes halogenated alkanes) is 13. The number of aliphatic hydroxyl groups is 1. The Bertz CT molecular complexity index is 359. The maximum atomic E-state index is 11.6. The highest BCUT2D eigenvalue weighted by molar-refractivity contribution is 5.76. The third kappa shape index (κ3) is 21.4. The summed E-state index contributed by atoms with van der Waals surface area (Å²) in [7, 11) is 0. The van der Waals surface area contributed by atoms with Crippen LogP contribution in [0.5, 0.6) is 0 Å². The van der Waals surface area contributed by atoms with Gasteiger partial charge in [0, 0.05) is 12.6 Å². The molecule has 0 heterocycles. The minimum Gasteiger partial charge on any atom is -0.393 e. The van der Waals surface area contributed by atoms with Gasteiger partial charge in [0.15, 0.2) is 0 Å². The zero-order valence-corrected chi connectivity index (χ0v) is 18.9. The Morgan fingerprint density at radius 1 is 0.786 bits per heavy atom. The van der Waals surface area contributed by atoms with Crippen molar-refractivity contribution in [2.75, 3.05) is 0 Å². The first-order valence-corrected chi connectivity index (χ1v) is 12.2. The second-order valence-corrected chi connectivity index (χ2v) is 8.21. The molecule has 4 nitrogen and oxygen atoms in total. The summed E-state index contributed by atoms with van der Waals surface area (Å²) in [5.41, 5.74) is 2.62. The molecule has 0 unspecified atom stereocenters. The van der Waals surface area contributed by atoms with Crippen LogP contribution in [-0.2, 0) is 4.79 Å². The molecule has 2 N–H and O–H groups in total. The van der Waals surface area contributed by atoms with Gasteiger partial charge in [-0.1, -0.05) is 97.3 Å². The molecular formula is C24H48N2O2. The molecule has 1 amide bonds. The number of hydrogen-bond donors (Lipinski definition) is 2. The molecule has 166 valence electrons. The molecule has 0 saturated heterocycles. The van der Waals surface area contributed by atoms with Crippen molar-refractivity contribution in [2.45, 2.75) is 142 Å². The molecule has 0 bridgehead atoms. The van der Waals surface area contributed by atoms with Crippen LogP contribution in [0.3, 0.4) is 0 Å². The minimum absolute atomic E-state index is 0.0417. The van der Waals surface area contributed by atoms with Crippen molar-refractivity contribution >= 4 is 12.1 Å². The molecule has 0 aliphatic rings.